The van der Waals surface area contributed by atoms with Crippen molar-refractivity contribution in [2.24, 2.45) is 0 Å². The van der Waals surface area contributed by atoms with E-state index in [0.717, 1.165) is 4.88 Å². The first-order valence-electron chi connectivity index (χ1n) is 6.00. The van der Waals surface area contributed by atoms with Crippen molar-refractivity contribution >= 4 is 23.2 Å². The Balaban J connectivity index is 2.22. The minimum atomic E-state index is -1.14. The minimum Gasteiger partial charge on any atom is -0.477 e. The molecule has 20 heavy (non-hydrogen) atoms. The normalized spacial score (nSPS) is 11.9. The summed E-state index contributed by atoms with van der Waals surface area (Å²) in [6.45, 7) is 1.93. The third-order valence-corrected chi connectivity index (χ3v) is 4.12. The molecule has 0 saturated heterocycles. The van der Waals surface area contributed by atoms with Crippen molar-refractivity contribution in [2.45, 2.75) is 13.0 Å². The second-order valence-corrected chi connectivity index (χ2v) is 5.32. The van der Waals surface area contributed by atoms with Crippen LogP contribution in [0.4, 0.5) is 0 Å². The van der Waals surface area contributed by atoms with Crippen LogP contribution in [-0.2, 0) is 0 Å². The lowest BCUT2D eigenvalue weighted by Gasteiger charge is -2.24. The van der Waals surface area contributed by atoms with Crippen molar-refractivity contribution in [2.75, 3.05) is 7.05 Å². The maximum atomic E-state index is 12.4. The van der Waals surface area contributed by atoms with Gasteiger partial charge in [-0.2, -0.15) is 0 Å². The molecule has 0 aromatic carbocycles. The number of carbonyl (C=O) groups is 2. The quantitative estimate of drug-likeness (QED) is 0.939. The summed E-state index contributed by atoms with van der Waals surface area (Å²) in [4.78, 5) is 29.6. The van der Waals surface area contributed by atoms with Gasteiger partial charge in [0.1, 0.15) is 5.69 Å². The van der Waals surface area contributed by atoms with Crippen molar-refractivity contribution in [1.29, 1.82) is 0 Å². The molecule has 1 unspecified atom stereocenters. The summed E-state index contributed by atoms with van der Waals surface area (Å²) in [5, 5.41) is 10.9. The topological polar surface area (TPSA) is 70.5 Å². The van der Waals surface area contributed by atoms with E-state index in [-0.39, 0.29) is 17.6 Å². The molecule has 6 heteroatoms. The van der Waals surface area contributed by atoms with Crippen LogP contribution in [0.1, 0.15) is 38.7 Å². The van der Waals surface area contributed by atoms with Crippen LogP contribution in [0.15, 0.2) is 35.8 Å². The van der Waals surface area contributed by atoms with Gasteiger partial charge in [0.15, 0.2) is 0 Å². The zero-order chi connectivity index (χ0) is 14.7. The minimum absolute atomic E-state index is 0.0658. The van der Waals surface area contributed by atoms with E-state index in [1.165, 1.54) is 18.3 Å². The van der Waals surface area contributed by atoms with E-state index in [1.807, 2.05) is 24.4 Å². The Morgan fingerprint density at radius 3 is 2.75 bits per heavy atom. The van der Waals surface area contributed by atoms with Gasteiger partial charge in [-0.1, -0.05) is 6.07 Å². The summed E-state index contributed by atoms with van der Waals surface area (Å²) in [5.41, 5.74) is 0.191. The van der Waals surface area contributed by atoms with Crippen molar-refractivity contribution in [1.82, 2.24) is 9.88 Å². The number of rotatable bonds is 4. The third-order valence-electron chi connectivity index (χ3n) is 3.08. The van der Waals surface area contributed by atoms with Gasteiger partial charge in [0.2, 0.25) is 0 Å². The van der Waals surface area contributed by atoms with Gasteiger partial charge in [0, 0.05) is 23.7 Å². The van der Waals surface area contributed by atoms with Crippen molar-refractivity contribution < 1.29 is 14.7 Å². The fraction of sp³-hybridized carbons (Fsp3) is 0.214. The predicted molar refractivity (Wildman–Crippen MR) is 76.0 cm³/mol. The van der Waals surface area contributed by atoms with E-state index in [4.69, 9.17) is 5.11 Å². The number of amides is 1. The summed E-state index contributed by atoms with van der Waals surface area (Å²) < 4.78 is 0. The first-order valence-corrected chi connectivity index (χ1v) is 6.88. The van der Waals surface area contributed by atoms with Gasteiger partial charge in [-0.05, 0) is 30.5 Å². The Hall–Kier alpha value is -2.21. The second-order valence-electron chi connectivity index (χ2n) is 4.34. The van der Waals surface area contributed by atoms with Crippen LogP contribution >= 0.6 is 11.3 Å². The highest BCUT2D eigenvalue weighted by Crippen LogP contribution is 2.24. The van der Waals surface area contributed by atoms with Crippen LogP contribution in [0.25, 0.3) is 0 Å². The van der Waals surface area contributed by atoms with Crippen molar-refractivity contribution in [3.05, 3.63) is 52.0 Å². The molecule has 0 spiro atoms. The molecule has 2 aromatic heterocycles. The maximum absolute atomic E-state index is 12.4. The van der Waals surface area contributed by atoms with Gasteiger partial charge in [0.25, 0.3) is 5.91 Å². The molecule has 0 bridgehead atoms. The number of aromatic nitrogens is 1. The van der Waals surface area contributed by atoms with E-state index >= 15 is 0 Å². The van der Waals surface area contributed by atoms with Gasteiger partial charge in [-0.25, -0.2) is 9.78 Å². The SMILES string of the molecule is CC(c1cccs1)N(C)C(=O)c1ccnc(C(=O)O)c1. The van der Waals surface area contributed by atoms with Gasteiger partial charge in [-0.3, -0.25) is 4.79 Å². The standard InChI is InChI=1S/C14H14N2O3S/c1-9(12-4-3-7-20-12)16(2)13(17)10-5-6-15-11(8-10)14(18)19/h3-9H,1-2H3,(H,18,19). The fourth-order valence-electron chi connectivity index (χ4n) is 1.78. The highest BCUT2D eigenvalue weighted by molar-refractivity contribution is 7.10. The molecule has 0 saturated carbocycles. The molecule has 0 radical (unpaired) electrons. The lowest BCUT2D eigenvalue weighted by molar-refractivity contribution is 0.0690. The first kappa shape index (κ1) is 14.2. The van der Waals surface area contributed by atoms with Gasteiger partial charge < -0.3 is 10.0 Å². The number of hydrogen-bond donors (Lipinski definition) is 1. The van der Waals surface area contributed by atoms with E-state index in [9.17, 15) is 9.59 Å². The number of carboxylic acid groups (broad SMARTS) is 1. The Bertz CT molecular complexity index is 625. The number of carboxylic acids is 1. The lowest BCUT2D eigenvalue weighted by atomic mass is 10.1. The fourth-order valence-corrected chi connectivity index (χ4v) is 2.61. The van der Waals surface area contributed by atoms with Gasteiger partial charge >= 0.3 is 5.97 Å². The Kier molecular flexibility index (Phi) is 4.14. The average Bonchev–Trinajstić information content (AvgIpc) is 2.99. The van der Waals surface area contributed by atoms with Gasteiger partial charge in [-0.15, -0.1) is 11.3 Å². The predicted octanol–water partition coefficient (Wildman–Crippen LogP) is 2.67. The van der Waals surface area contributed by atoms with Crippen LogP contribution in [-0.4, -0.2) is 33.9 Å². The molecular formula is C14H14N2O3S. The molecule has 0 aliphatic carbocycles. The zero-order valence-corrected chi connectivity index (χ0v) is 11.9. The van der Waals surface area contributed by atoms with Crippen LogP contribution < -0.4 is 0 Å². The molecule has 5 nitrogen and oxygen atoms in total. The first-order chi connectivity index (χ1) is 9.50. The number of thiophene rings is 1. The molecule has 0 aliphatic heterocycles. The molecule has 1 atom stereocenters. The van der Waals surface area contributed by atoms with E-state index in [2.05, 4.69) is 4.98 Å². The van der Waals surface area contributed by atoms with Crippen molar-refractivity contribution in [3.63, 3.8) is 0 Å². The molecule has 2 heterocycles. The molecule has 104 valence electrons. The molecule has 1 amide bonds. The molecule has 2 rings (SSSR count). The van der Waals surface area contributed by atoms with Gasteiger partial charge in [0.05, 0.1) is 6.04 Å². The smallest absolute Gasteiger partial charge is 0.354 e. The largest absolute Gasteiger partial charge is 0.477 e. The summed E-state index contributed by atoms with van der Waals surface area (Å²) in [6, 6.07) is 6.65. The molecular weight excluding hydrogens is 276 g/mol. The number of pyridine rings is 1. The third kappa shape index (κ3) is 2.85. The summed E-state index contributed by atoms with van der Waals surface area (Å²) >= 11 is 1.58. The lowest BCUT2D eigenvalue weighted by Crippen LogP contribution is -2.29. The van der Waals surface area contributed by atoms with Crippen LogP contribution in [0.5, 0.6) is 0 Å². The summed E-state index contributed by atoms with van der Waals surface area (Å²) in [6.07, 6.45) is 1.33. The Morgan fingerprint density at radius 1 is 1.40 bits per heavy atom. The molecule has 0 aliphatic rings. The van der Waals surface area contributed by atoms with Crippen LogP contribution in [0.3, 0.4) is 0 Å². The monoisotopic (exact) mass is 290 g/mol. The average molecular weight is 290 g/mol. The van der Waals surface area contributed by atoms with Crippen molar-refractivity contribution in [3.8, 4) is 0 Å². The summed E-state index contributed by atoms with van der Waals surface area (Å²) in [5.74, 6) is -1.37. The maximum Gasteiger partial charge on any atom is 0.354 e. The molecule has 2 aromatic rings. The molecule has 0 fully saturated rings. The number of carbonyl (C=O) groups excluding carboxylic acids is 1. The second kappa shape index (κ2) is 5.83. The van der Waals surface area contributed by atoms with E-state index in [0.29, 0.717) is 5.56 Å². The number of hydrogen-bond acceptors (Lipinski definition) is 4. The zero-order valence-electron chi connectivity index (χ0n) is 11.1. The van der Waals surface area contributed by atoms with Crippen LogP contribution in [0.2, 0.25) is 0 Å². The number of nitrogens with zero attached hydrogens (tertiary/aromatic N) is 2. The van der Waals surface area contributed by atoms with E-state index < -0.39 is 5.97 Å². The van der Waals surface area contributed by atoms with E-state index in [1.54, 1.807) is 23.3 Å². The highest BCUT2D eigenvalue weighted by Gasteiger charge is 2.20. The van der Waals surface area contributed by atoms with Crippen LogP contribution in [0, 0.1) is 0 Å². The highest BCUT2D eigenvalue weighted by atomic mass is 32.1. The Morgan fingerprint density at radius 2 is 2.15 bits per heavy atom. The Labute approximate surface area is 120 Å². The summed E-state index contributed by atoms with van der Waals surface area (Å²) in [7, 11) is 1.70. The number of aromatic carboxylic acids is 1. The molecule has 1 N–H and O–H groups in total.